The molecule has 1 atom stereocenters. The minimum Gasteiger partial charge on any atom is -0.507 e. The van der Waals surface area contributed by atoms with E-state index in [-0.39, 0.29) is 11.2 Å². The summed E-state index contributed by atoms with van der Waals surface area (Å²) in [7, 11) is 0. The summed E-state index contributed by atoms with van der Waals surface area (Å²) in [5.74, 6) is 0.808. The first-order valence-electron chi connectivity index (χ1n) is 9.27. The van der Waals surface area contributed by atoms with Gasteiger partial charge in [0.2, 0.25) is 5.43 Å². The zero-order valence-corrected chi connectivity index (χ0v) is 16.0. The Morgan fingerprint density at radius 2 is 2.00 bits per heavy atom. The molecule has 0 saturated carbocycles. The molecule has 1 aliphatic heterocycles. The Morgan fingerprint density at radius 3 is 2.74 bits per heavy atom. The lowest BCUT2D eigenvalue weighted by Crippen LogP contribution is -2.33. The summed E-state index contributed by atoms with van der Waals surface area (Å²) in [5, 5.41) is 11.5. The summed E-state index contributed by atoms with van der Waals surface area (Å²) in [5.41, 5.74) is 2.29. The highest BCUT2D eigenvalue weighted by atomic mass is 35.5. The number of halogens is 1. The van der Waals surface area contributed by atoms with Crippen molar-refractivity contribution in [3.05, 3.63) is 63.5 Å². The van der Waals surface area contributed by atoms with E-state index in [2.05, 4.69) is 11.8 Å². The summed E-state index contributed by atoms with van der Waals surface area (Å²) in [6.07, 6.45) is 3.87. The molecule has 0 spiro atoms. The van der Waals surface area contributed by atoms with Gasteiger partial charge in [-0.2, -0.15) is 0 Å². The predicted octanol–water partition coefficient (Wildman–Crippen LogP) is 5.05. The molecule has 1 aliphatic rings. The maximum absolute atomic E-state index is 13.0. The van der Waals surface area contributed by atoms with Crippen LogP contribution < -0.4 is 5.43 Å². The fourth-order valence-electron chi connectivity index (χ4n) is 3.88. The number of likely N-dealkylation sites (tertiary alicyclic amines) is 1. The summed E-state index contributed by atoms with van der Waals surface area (Å²) >= 11 is 5.94. The van der Waals surface area contributed by atoms with E-state index in [9.17, 15) is 9.90 Å². The number of aromatic hydroxyl groups is 1. The molecule has 1 aromatic heterocycles. The van der Waals surface area contributed by atoms with Gasteiger partial charge in [-0.15, -0.1) is 0 Å². The van der Waals surface area contributed by atoms with Crippen molar-refractivity contribution in [1.82, 2.24) is 4.90 Å². The maximum atomic E-state index is 13.0. The topological polar surface area (TPSA) is 53.7 Å². The van der Waals surface area contributed by atoms with Gasteiger partial charge in [-0.25, -0.2) is 0 Å². The van der Waals surface area contributed by atoms with E-state index in [4.69, 9.17) is 16.0 Å². The van der Waals surface area contributed by atoms with E-state index in [0.29, 0.717) is 39.6 Å². The van der Waals surface area contributed by atoms with Crippen LogP contribution >= 0.6 is 11.6 Å². The molecule has 4 nitrogen and oxygen atoms in total. The van der Waals surface area contributed by atoms with E-state index in [1.165, 1.54) is 12.7 Å². The second-order valence-electron chi connectivity index (χ2n) is 7.41. The lowest BCUT2D eigenvalue weighted by Gasteiger charge is -2.31. The van der Waals surface area contributed by atoms with Crippen LogP contribution in [0.3, 0.4) is 0 Å². The number of hydrogen-bond donors (Lipinski definition) is 1. The summed E-state index contributed by atoms with van der Waals surface area (Å²) in [4.78, 5) is 15.3. The van der Waals surface area contributed by atoms with Gasteiger partial charge in [0, 0.05) is 18.1 Å². The van der Waals surface area contributed by atoms with Crippen molar-refractivity contribution in [1.29, 1.82) is 0 Å². The number of benzene rings is 2. The highest BCUT2D eigenvalue weighted by Crippen LogP contribution is 2.30. The Morgan fingerprint density at radius 1 is 1.22 bits per heavy atom. The van der Waals surface area contributed by atoms with Crippen LogP contribution in [0.25, 0.3) is 22.1 Å². The van der Waals surface area contributed by atoms with Gasteiger partial charge < -0.3 is 9.52 Å². The number of phenolic OH excluding ortho intramolecular Hbond substituents is 1. The molecular weight excluding hydrogens is 362 g/mol. The van der Waals surface area contributed by atoms with Crippen LogP contribution in [-0.4, -0.2) is 23.1 Å². The van der Waals surface area contributed by atoms with Crippen molar-refractivity contribution in [2.24, 2.45) is 5.92 Å². The van der Waals surface area contributed by atoms with Crippen LogP contribution in [0.4, 0.5) is 0 Å². The third-order valence-electron chi connectivity index (χ3n) is 5.30. The fourth-order valence-corrected chi connectivity index (χ4v) is 4.01. The fraction of sp³-hybridized carbons (Fsp3) is 0.318. The number of fused-ring (bicyclic) bond motifs is 1. The Bertz CT molecular complexity index is 1030. The van der Waals surface area contributed by atoms with Crippen LogP contribution in [0.1, 0.15) is 25.3 Å². The zero-order chi connectivity index (χ0) is 19.0. The van der Waals surface area contributed by atoms with Gasteiger partial charge in [0.05, 0.1) is 16.5 Å². The molecule has 2 aromatic carbocycles. The summed E-state index contributed by atoms with van der Waals surface area (Å²) < 4.78 is 5.87. The molecule has 0 bridgehead atoms. The zero-order valence-electron chi connectivity index (χ0n) is 15.2. The van der Waals surface area contributed by atoms with Crippen LogP contribution in [0, 0.1) is 5.92 Å². The van der Waals surface area contributed by atoms with Crippen molar-refractivity contribution >= 4 is 22.6 Å². The van der Waals surface area contributed by atoms with Crippen LogP contribution in [0.15, 0.2) is 51.9 Å². The van der Waals surface area contributed by atoms with Crippen LogP contribution in [-0.2, 0) is 6.54 Å². The minimum atomic E-state index is -0.105. The first-order chi connectivity index (χ1) is 13.0. The number of phenols is 1. The number of piperidine rings is 1. The molecule has 2 heterocycles. The lowest BCUT2D eigenvalue weighted by molar-refractivity contribution is 0.175. The van der Waals surface area contributed by atoms with Crippen molar-refractivity contribution in [2.45, 2.75) is 26.3 Å². The molecule has 0 radical (unpaired) electrons. The van der Waals surface area contributed by atoms with Crippen LogP contribution in [0.5, 0.6) is 5.75 Å². The van der Waals surface area contributed by atoms with Crippen molar-refractivity contribution in [3.63, 3.8) is 0 Å². The van der Waals surface area contributed by atoms with Crippen molar-refractivity contribution in [2.75, 3.05) is 13.1 Å². The van der Waals surface area contributed by atoms with E-state index >= 15 is 0 Å². The second kappa shape index (κ2) is 7.37. The molecule has 3 aromatic rings. The summed E-state index contributed by atoms with van der Waals surface area (Å²) in [6.45, 7) is 4.81. The smallest absolute Gasteiger partial charge is 0.200 e. The van der Waals surface area contributed by atoms with Crippen LogP contribution in [0.2, 0.25) is 5.02 Å². The molecule has 140 valence electrons. The highest BCUT2D eigenvalue weighted by Gasteiger charge is 2.21. The van der Waals surface area contributed by atoms with Crippen molar-refractivity contribution < 1.29 is 9.52 Å². The Labute approximate surface area is 163 Å². The maximum Gasteiger partial charge on any atom is 0.200 e. The average Bonchev–Trinajstić information content (AvgIpc) is 2.65. The van der Waals surface area contributed by atoms with E-state index in [0.717, 1.165) is 25.1 Å². The van der Waals surface area contributed by atoms with E-state index < -0.39 is 0 Å². The Balaban J connectivity index is 1.77. The highest BCUT2D eigenvalue weighted by molar-refractivity contribution is 6.30. The second-order valence-corrected chi connectivity index (χ2v) is 7.84. The Hall–Kier alpha value is -2.30. The van der Waals surface area contributed by atoms with Crippen molar-refractivity contribution in [3.8, 4) is 16.9 Å². The first-order valence-corrected chi connectivity index (χ1v) is 9.65. The molecule has 0 amide bonds. The molecule has 1 fully saturated rings. The third kappa shape index (κ3) is 3.60. The SMILES string of the molecule is C[C@H]1CCCN(Cc2c(O)ccc3c(=O)c(-c4ccc(Cl)cc4)coc23)C1. The number of hydrogen-bond acceptors (Lipinski definition) is 4. The molecule has 1 N–H and O–H groups in total. The lowest BCUT2D eigenvalue weighted by atomic mass is 9.99. The van der Waals surface area contributed by atoms with Gasteiger partial charge in [-0.05, 0) is 55.1 Å². The molecule has 27 heavy (non-hydrogen) atoms. The van der Waals surface area contributed by atoms with Gasteiger partial charge in [-0.1, -0.05) is 30.7 Å². The van der Waals surface area contributed by atoms with Gasteiger partial charge in [-0.3, -0.25) is 9.69 Å². The standard InChI is InChI=1S/C22H22ClNO3/c1-14-3-2-10-24(11-14)12-18-20(25)9-8-17-21(26)19(13-27-22(17)18)15-4-6-16(23)7-5-15/h4-9,13-14,25H,2-3,10-12H2,1H3/t14-/m0/s1. The van der Waals surface area contributed by atoms with Gasteiger partial charge in [0.1, 0.15) is 17.6 Å². The third-order valence-corrected chi connectivity index (χ3v) is 5.55. The number of nitrogens with zero attached hydrogens (tertiary/aromatic N) is 1. The summed E-state index contributed by atoms with van der Waals surface area (Å²) in [6, 6.07) is 10.3. The normalized spacial score (nSPS) is 18.1. The van der Waals surface area contributed by atoms with E-state index in [1.807, 2.05) is 0 Å². The van der Waals surface area contributed by atoms with E-state index in [1.54, 1.807) is 36.4 Å². The minimum absolute atomic E-state index is 0.105. The largest absolute Gasteiger partial charge is 0.507 e. The monoisotopic (exact) mass is 383 g/mol. The Kier molecular flexibility index (Phi) is 4.94. The molecule has 0 aliphatic carbocycles. The number of rotatable bonds is 3. The van der Waals surface area contributed by atoms with Gasteiger partial charge >= 0.3 is 0 Å². The predicted molar refractivity (Wildman–Crippen MR) is 108 cm³/mol. The van der Waals surface area contributed by atoms with Gasteiger partial charge in [0.25, 0.3) is 0 Å². The van der Waals surface area contributed by atoms with Gasteiger partial charge in [0.15, 0.2) is 0 Å². The molecule has 4 rings (SSSR count). The molecule has 5 heteroatoms. The molecule has 0 unspecified atom stereocenters. The molecule has 1 saturated heterocycles. The first kappa shape index (κ1) is 18.1. The molecular formula is C22H22ClNO3. The average molecular weight is 384 g/mol. The quantitative estimate of drug-likeness (QED) is 0.687.